The molecular formula is C19H21N3OS. The molecule has 0 radical (unpaired) electrons. The van der Waals surface area contributed by atoms with Gasteiger partial charge in [-0.1, -0.05) is 42.1 Å². The molecule has 2 atom stereocenters. The first kappa shape index (κ1) is 18.0. The maximum Gasteiger partial charge on any atom is 0.233 e. The molecule has 0 spiro atoms. The molecule has 2 rings (SSSR count). The second-order valence-electron chi connectivity index (χ2n) is 5.77. The number of benzene rings is 1. The molecule has 0 saturated heterocycles. The number of hydrogen-bond acceptors (Lipinski definition) is 4. The number of aromatic nitrogens is 1. The molecule has 5 heteroatoms. The molecule has 0 unspecified atom stereocenters. The van der Waals surface area contributed by atoms with Crippen LogP contribution in [0.4, 0.5) is 0 Å². The van der Waals surface area contributed by atoms with E-state index in [-0.39, 0.29) is 17.2 Å². The van der Waals surface area contributed by atoms with Crippen molar-refractivity contribution in [3.05, 3.63) is 58.8 Å². The molecule has 0 aliphatic rings. The Bertz CT molecular complexity index is 768. The number of amides is 1. The summed E-state index contributed by atoms with van der Waals surface area (Å²) in [4.78, 5) is 16.9. The molecule has 1 heterocycles. The summed E-state index contributed by atoms with van der Waals surface area (Å²) in [6.45, 7) is 7.57. The van der Waals surface area contributed by atoms with E-state index in [0.717, 1.165) is 16.8 Å². The van der Waals surface area contributed by atoms with Crippen molar-refractivity contribution >= 4 is 17.7 Å². The van der Waals surface area contributed by atoms with E-state index in [2.05, 4.69) is 16.4 Å². The molecule has 0 aliphatic heterocycles. The van der Waals surface area contributed by atoms with Crippen LogP contribution in [0.25, 0.3) is 0 Å². The number of nitrogens with one attached hydrogen (secondary N) is 1. The third-order valence-electron chi connectivity index (χ3n) is 3.74. The zero-order valence-electron chi connectivity index (χ0n) is 14.3. The lowest BCUT2D eigenvalue weighted by molar-refractivity contribution is -0.120. The molecule has 0 bridgehead atoms. The summed E-state index contributed by atoms with van der Waals surface area (Å²) < 4.78 is 0. The summed E-state index contributed by atoms with van der Waals surface area (Å²) in [7, 11) is 0. The minimum absolute atomic E-state index is 0.0654. The van der Waals surface area contributed by atoms with E-state index in [1.165, 1.54) is 11.8 Å². The Hall–Kier alpha value is -2.32. The quantitative estimate of drug-likeness (QED) is 0.838. The molecule has 0 aliphatic carbocycles. The van der Waals surface area contributed by atoms with E-state index in [0.29, 0.717) is 10.6 Å². The number of rotatable bonds is 5. The minimum Gasteiger partial charge on any atom is -0.349 e. The highest BCUT2D eigenvalue weighted by molar-refractivity contribution is 8.00. The predicted molar refractivity (Wildman–Crippen MR) is 96.7 cm³/mol. The first-order valence-corrected chi connectivity index (χ1v) is 8.70. The van der Waals surface area contributed by atoms with Crippen molar-refractivity contribution in [1.29, 1.82) is 5.26 Å². The van der Waals surface area contributed by atoms with Crippen LogP contribution in [-0.4, -0.2) is 16.1 Å². The Kier molecular flexibility index (Phi) is 5.99. The fourth-order valence-corrected chi connectivity index (χ4v) is 3.43. The van der Waals surface area contributed by atoms with Crippen LogP contribution in [0.2, 0.25) is 0 Å². The average molecular weight is 339 g/mol. The largest absolute Gasteiger partial charge is 0.349 e. The number of nitriles is 1. The molecule has 1 aromatic heterocycles. The van der Waals surface area contributed by atoms with Crippen LogP contribution >= 0.6 is 11.8 Å². The Morgan fingerprint density at radius 1 is 1.25 bits per heavy atom. The van der Waals surface area contributed by atoms with Gasteiger partial charge in [0, 0.05) is 5.69 Å². The van der Waals surface area contributed by atoms with Crippen molar-refractivity contribution in [1.82, 2.24) is 10.3 Å². The fraction of sp³-hybridized carbons (Fsp3) is 0.316. The van der Waals surface area contributed by atoms with Crippen LogP contribution in [0.5, 0.6) is 0 Å². The number of carbonyl (C=O) groups excluding carboxylic acids is 1. The van der Waals surface area contributed by atoms with Gasteiger partial charge in [0.15, 0.2) is 0 Å². The zero-order chi connectivity index (χ0) is 17.7. The van der Waals surface area contributed by atoms with Gasteiger partial charge in [-0.05, 0) is 44.9 Å². The van der Waals surface area contributed by atoms with Crippen LogP contribution < -0.4 is 5.32 Å². The van der Waals surface area contributed by atoms with Gasteiger partial charge in [-0.15, -0.1) is 0 Å². The Morgan fingerprint density at radius 3 is 2.54 bits per heavy atom. The van der Waals surface area contributed by atoms with Gasteiger partial charge in [-0.2, -0.15) is 5.26 Å². The van der Waals surface area contributed by atoms with Gasteiger partial charge < -0.3 is 5.32 Å². The Morgan fingerprint density at radius 2 is 1.92 bits per heavy atom. The summed E-state index contributed by atoms with van der Waals surface area (Å²) in [5, 5.41) is 12.6. The summed E-state index contributed by atoms with van der Waals surface area (Å²) in [6.07, 6.45) is 0. The zero-order valence-corrected chi connectivity index (χ0v) is 15.1. The molecule has 0 fully saturated rings. The summed E-state index contributed by atoms with van der Waals surface area (Å²) in [6, 6.07) is 13.8. The summed E-state index contributed by atoms with van der Waals surface area (Å²) >= 11 is 1.32. The van der Waals surface area contributed by atoms with E-state index in [9.17, 15) is 10.1 Å². The highest BCUT2D eigenvalue weighted by atomic mass is 32.2. The van der Waals surface area contributed by atoms with Crippen molar-refractivity contribution in [2.24, 2.45) is 0 Å². The number of aryl methyl sites for hydroxylation is 2. The van der Waals surface area contributed by atoms with Gasteiger partial charge in [0.25, 0.3) is 0 Å². The predicted octanol–water partition coefficient (Wildman–Crippen LogP) is 3.93. The maximum atomic E-state index is 12.5. The van der Waals surface area contributed by atoms with Crippen molar-refractivity contribution in [3.63, 3.8) is 0 Å². The van der Waals surface area contributed by atoms with Crippen LogP contribution in [-0.2, 0) is 4.79 Å². The monoisotopic (exact) mass is 339 g/mol. The number of pyridine rings is 1. The van der Waals surface area contributed by atoms with Gasteiger partial charge in [0.2, 0.25) is 5.91 Å². The van der Waals surface area contributed by atoms with Gasteiger partial charge in [-0.25, -0.2) is 4.98 Å². The Balaban J connectivity index is 2.09. The summed E-state index contributed by atoms with van der Waals surface area (Å²) in [5.74, 6) is -0.0683. The van der Waals surface area contributed by atoms with Crippen molar-refractivity contribution in [2.45, 2.75) is 44.0 Å². The van der Waals surface area contributed by atoms with Crippen LogP contribution in [0.15, 0.2) is 41.4 Å². The van der Waals surface area contributed by atoms with E-state index >= 15 is 0 Å². The topological polar surface area (TPSA) is 65.8 Å². The lowest BCUT2D eigenvalue weighted by atomic mass is 10.1. The normalized spacial score (nSPS) is 13.0. The highest BCUT2D eigenvalue weighted by Crippen LogP contribution is 2.27. The van der Waals surface area contributed by atoms with Crippen molar-refractivity contribution < 1.29 is 4.79 Å². The lowest BCUT2D eigenvalue weighted by Gasteiger charge is -2.18. The van der Waals surface area contributed by atoms with Crippen molar-refractivity contribution in [2.75, 3.05) is 0 Å². The molecule has 2 aromatic rings. The first-order valence-electron chi connectivity index (χ1n) is 7.82. The number of thioether (sulfide) groups is 1. The van der Waals surface area contributed by atoms with Crippen LogP contribution in [0.1, 0.15) is 42.3 Å². The smallest absolute Gasteiger partial charge is 0.233 e. The van der Waals surface area contributed by atoms with Gasteiger partial charge in [0.05, 0.1) is 16.9 Å². The third-order valence-corrected chi connectivity index (χ3v) is 4.83. The van der Waals surface area contributed by atoms with E-state index in [1.54, 1.807) is 0 Å². The van der Waals surface area contributed by atoms with Gasteiger partial charge in [-0.3, -0.25) is 4.79 Å². The fourth-order valence-electron chi connectivity index (χ4n) is 2.40. The molecule has 0 saturated carbocycles. The molecule has 1 amide bonds. The van der Waals surface area contributed by atoms with Crippen LogP contribution in [0, 0.1) is 25.2 Å². The first-order chi connectivity index (χ1) is 11.4. The van der Waals surface area contributed by atoms with Crippen molar-refractivity contribution in [3.8, 4) is 6.07 Å². The number of hydrogen-bond donors (Lipinski definition) is 1. The SMILES string of the molecule is Cc1cc(C)c(C#N)c(S[C@@H](C)C(=O)N[C@H](C)c2ccccc2)n1. The van der Waals surface area contributed by atoms with Gasteiger partial charge >= 0.3 is 0 Å². The standard InChI is InChI=1S/C19H21N3OS/c1-12-10-13(2)21-19(17(12)11-20)24-15(4)18(23)22-14(3)16-8-6-5-7-9-16/h5-10,14-15H,1-4H3,(H,22,23)/t14-,15+/m1/s1. The van der Waals surface area contributed by atoms with E-state index < -0.39 is 0 Å². The molecule has 24 heavy (non-hydrogen) atoms. The molecule has 124 valence electrons. The highest BCUT2D eigenvalue weighted by Gasteiger charge is 2.20. The molecule has 1 N–H and O–H groups in total. The lowest BCUT2D eigenvalue weighted by Crippen LogP contribution is -2.33. The molecule has 4 nitrogen and oxygen atoms in total. The number of carbonyl (C=O) groups is 1. The van der Waals surface area contributed by atoms with E-state index in [1.807, 2.05) is 64.1 Å². The van der Waals surface area contributed by atoms with E-state index in [4.69, 9.17) is 0 Å². The Labute approximate surface area is 147 Å². The summed E-state index contributed by atoms with van der Waals surface area (Å²) in [5.41, 5.74) is 3.34. The molecule has 1 aromatic carbocycles. The maximum absolute atomic E-state index is 12.5. The molecular weight excluding hydrogens is 318 g/mol. The third kappa shape index (κ3) is 4.36. The second-order valence-corrected chi connectivity index (χ2v) is 7.10. The minimum atomic E-state index is -0.336. The average Bonchev–Trinajstić information content (AvgIpc) is 2.55. The number of nitrogens with zero attached hydrogens (tertiary/aromatic N) is 2. The van der Waals surface area contributed by atoms with Crippen LogP contribution in [0.3, 0.4) is 0 Å². The second kappa shape index (κ2) is 7.98. The van der Waals surface area contributed by atoms with Gasteiger partial charge in [0.1, 0.15) is 11.1 Å².